The van der Waals surface area contributed by atoms with Gasteiger partial charge in [0.1, 0.15) is 11.5 Å². The second-order valence-electron chi connectivity index (χ2n) is 10.5. The second kappa shape index (κ2) is 9.77. The number of carbonyl (C=O) groups excluding carboxylic acids is 1. The standard InChI is InChI=1S/C32H36N2O3/c1-3-5-17-33(18-6-4-2)24-13-15-27-30(22-24)36-29-16-14-23(34-19-9-10-20-34)21-28(29)32(27)26-12-8-7-11-25(26)31(35)37-32/h7-8,11-16,21-22H,3-6,9-10,17-20H2,1-2H3. The first-order valence-corrected chi connectivity index (χ1v) is 14.0. The number of fused-ring (bicyclic) bond motifs is 6. The van der Waals surface area contributed by atoms with Gasteiger partial charge in [0.25, 0.3) is 0 Å². The zero-order chi connectivity index (χ0) is 25.4. The summed E-state index contributed by atoms with van der Waals surface area (Å²) in [5.41, 5.74) is 4.63. The van der Waals surface area contributed by atoms with Crippen molar-refractivity contribution < 1.29 is 14.3 Å². The van der Waals surface area contributed by atoms with Crippen molar-refractivity contribution in [1.29, 1.82) is 0 Å². The molecule has 192 valence electrons. The molecule has 1 fully saturated rings. The van der Waals surface area contributed by atoms with E-state index in [4.69, 9.17) is 9.47 Å². The predicted molar refractivity (Wildman–Crippen MR) is 148 cm³/mol. The topological polar surface area (TPSA) is 42.0 Å². The van der Waals surface area contributed by atoms with Crippen molar-refractivity contribution in [3.8, 4) is 11.5 Å². The van der Waals surface area contributed by atoms with E-state index in [9.17, 15) is 4.79 Å². The third-order valence-electron chi connectivity index (χ3n) is 8.08. The van der Waals surface area contributed by atoms with Crippen molar-refractivity contribution in [2.45, 2.75) is 58.0 Å². The minimum absolute atomic E-state index is 0.280. The Morgan fingerprint density at radius 1 is 0.838 bits per heavy atom. The maximum absolute atomic E-state index is 13.2. The summed E-state index contributed by atoms with van der Waals surface area (Å²) >= 11 is 0. The normalized spacial score (nSPS) is 19.3. The average molecular weight is 497 g/mol. The molecule has 3 aliphatic heterocycles. The van der Waals surface area contributed by atoms with Crippen LogP contribution < -0.4 is 14.5 Å². The molecule has 5 heteroatoms. The van der Waals surface area contributed by atoms with Crippen LogP contribution in [0.1, 0.15) is 79.4 Å². The minimum Gasteiger partial charge on any atom is -0.456 e. The Bertz CT molecular complexity index is 1310. The average Bonchev–Trinajstić information content (AvgIpc) is 3.57. The quantitative estimate of drug-likeness (QED) is 0.307. The smallest absolute Gasteiger partial charge is 0.340 e. The highest BCUT2D eigenvalue weighted by molar-refractivity contribution is 5.97. The zero-order valence-electron chi connectivity index (χ0n) is 22.0. The third kappa shape index (κ3) is 3.96. The van der Waals surface area contributed by atoms with Crippen LogP contribution in [0.15, 0.2) is 60.7 Å². The molecule has 0 saturated carbocycles. The largest absolute Gasteiger partial charge is 0.456 e. The first-order valence-electron chi connectivity index (χ1n) is 14.0. The van der Waals surface area contributed by atoms with E-state index < -0.39 is 5.60 Å². The SMILES string of the molecule is CCCCN(CCCC)c1ccc2c(c1)Oc1ccc(N3CCCC3)cc1C21OC(=O)c2ccccc21. The van der Waals surface area contributed by atoms with Crippen molar-refractivity contribution in [3.05, 3.63) is 82.9 Å². The van der Waals surface area contributed by atoms with Crippen molar-refractivity contribution in [1.82, 2.24) is 0 Å². The fraction of sp³-hybridized carbons (Fsp3) is 0.406. The van der Waals surface area contributed by atoms with Crippen molar-refractivity contribution in [3.63, 3.8) is 0 Å². The molecule has 3 aliphatic rings. The lowest BCUT2D eigenvalue weighted by atomic mass is 9.77. The third-order valence-corrected chi connectivity index (χ3v) is 8.08. The number of rotatable bonds is 8. The molecule has 37 heavy (non-hydrogen) atoms. The molecule has 0 aromatic heterocycles. The zero-order valence-corrected chi connectivity index (χ0v) is 22.0. The van der Waals surface area contributed by atoms with Gasteiger partial charge in [0.2, 0.25) is 0 Å². The monoisotopic (exact) mass is 496 g/mol. The summed E-state index contributed by atoms with van der Waals surface area (Å²) in [6, 6.07) is 20.6. The van der Waals surface area contributed by atoms with Gasteiger partial charge < -0.3 is 19.3 Å². The number of nitrogens with zero attached hydrogens (tertiary/aromatic N) is 2. The number of hydrogen-bond donors (Lipinski definition) is 0. The fourth-order valence-electron chi connectivity index (χ4n) is 6.09. The summed E-state index contributed by atoms with van der Waals surface area (Å²) in [4.78, 5) is 18.1. The number of esters is 1. The van der Waals surface area contributed by atoms with Gasteiger partial charge in [-0.05, 0) is 62.1 Å². The molecule has 0 amide bonds. The van der Waals surface area contributed by atoms with E-state index in [1.54, 1.807) is 0 Å². The van der Waals surface area contributed by atoms with Crippen LogP contribution in [0.3, 0.4) is 0 Å². The van der Waals surface area contributed by atoms with Gasteiger partial charge in [0.15, 0.2) is 5.60 Å². The fourth-order valence-corrected chi connectivity index (χ4v) is 6.09. The maximum atomic E-state index is 13.2. The number of carbonyl (C=O) groups is 1. The van der Waals surface area contributed by atoms with Gasteiger partial charge in [0.05, 0.1) is 5.56 Å². The van der Waals surface area contributed by atoms with Crippen LogP contribution in [-0.2, 0) is 10.3 Å². The number of benzene rings is 3. The van der Waals surface area contributed by atoms with Crippen LogP contribution in [0.4, 0.5) is 11.4 Å². The predicted octanol–water partition coefficient (Wildman–Crippen LogP) is 7.26. The lowest BCUT2D eigenvalue weighted by molar-refractivity contribution is 0.0224. The maximum Gasteiger partial charge on any atom is 0.340 e. The molecule has 1 saturated heterocycles. The van der Waals surface area contributed by atoms with Crippen LogP contribution in [0.5, 0.6) is 11.5 Å². The summed E-state index contributed by atoms with van der Waals surface area (Å²) in [5.74, 6) is 1.24. The molecule has 0 bridgehead atoms. The molecule has 0 radical (unpaired) electrons. The van der Waals surface area contributed by atoms with Gasteiger partial charge in [-0.2, -0.15) is 0 Å². The summed E-state index contributed by atoms with van der Waals surface area (Å²) in [6.07, 6.45) is 7.03. The van der Waals surface area contributed by atoms with Gasteiger partial charge in [-0.15, -0.1) is 0 Å². The molecule has 6 rings (SSSR count). The van der Waals surface area contributed by atoms with Crippen molar-refractivity contribution >= 4 is 17.3 Å². The van der Waals surface area contributed by atoms with Crippen LogP contribution in [0.25, 0.3) is 0 Å². The van der Waals surface area contributed by atoms with Crippen LogP contribution in [-0.4, -0.2) is 32.1 Å². The van der Waals surface area contributed by atoms with Crippen molar-refractivity contribution in [2.24, 2.45) is 0 Å². The highest BCUT2D eigenvalue weighted by atomic mass is 16.6. The van der Waals surface area contributed by atoms with E-state index in [1.807, 2.05) is 24.3 Å². The highest BCUT2D eigenvalue weighted by Crippen LogP contribution is 2.57. The molecule has 1 unspecified atom stereocenters. The first kappa shape index (κ1) is 23.9. The Morgan fingerprint density at radius 2 is 1.59 bits per heavy atom. The van der Waals surface area contributed by atoms with E-state index in [0.717, 1.165) is 91.4 Å². The van der Waals surface area contributed by atoms with E-state index in [0.29, 0.717) is 5.56 Å². The Morgan fingerprint density at radius 3 is 2.35 bits per heavy atom. The Labute approximate surface area is 220 Å². The molecular weight excluding hydrogens is 460 g/mol. The van der Waals surface area contributed by atoms with Gasteiger partial charge in [0, 0.05) is 60.3 Å². The molecule has 3 aromatic carbocycles. The molecular formula is C32H36N2O3. The molecule has 1 atom stereocenters. The number of unbranched alkanes of at least 4 members (excludes halogenated alkanes) is 2. The lowest BCUT2D eigenvalue weighted by Crippen LogP contribution is -2.34. The molecule has 3 heterocycles. The van der Waals surface area contributed by atoms with Gasteiger partial charge >= 0.3 is 5.97 Å². The number of ether oxygens (including phenoxy) is 2. The van der Waals surface area contributed by atoms with Gasteiger partial charge in [-0.3, -0.25) is 0 Å². The summed E-state index contributed by atoms with van der Waals surface area (Å²) in [7, 11) is 0. The summed E-state index contributed by atoms with van der Waals surface area (Å²) < 4.78 is 13.0. The second-order valence-corrected chi connectivity index (χ2v) is 10.5. The van der Waals surface area contributed by atoms with Crippen LogP contribution >= 0.6 is 0 Å². The van der Waals surface area contributed by atoms with E-state index >= 15 is 0 Å². The number of anilines is 2. The Hall–Kier alpha value is -3.47. The summed E-state index contributed by atoms with van der Waals surface area (Å²) in [6.45, 7) is 8.61. The number of hydrogen-bond acceptors (Lipinski definition) is 5. The molecule has 0 aliphatic carbocycles. The molecule has 3 aromatic rings. The van der Waals surface area contributed by atoms with Crippen molar-refractivity contribution in [2.75, 3.05) is 36.0 Å². The van der Waals surface area contributed by atoms with E-state index in [-0.39, 0.29) is 5.97 Å². The van der Waals surface area contributed by atoms with Gasteiger partial charge in [-0.1, -0.05) is 44.9 Å². The van der Waals surface area contributed by atoms with Crippen LogP contribution in [0, 0.1) is 0 Å². The minimum atomic E-state index is -1.01. The van der Waals surface area contributed by atoms with E-state index in [2.05, 4.69) is 60.0 Å². The first-order chi connectivity index (χ1) is 18.2. The molecule has 0 N–H and O–H groups in total. The Balaban J connectivity index is 1.50. The highest BCUT2D eigenvalue weighted by Gasteiger charge is 2.53. The molecule has 5 nitrogen and oxygen atoms in total. The van der Waals surface area contributed by atoms with Gasteiger partial charge in [-0.25, -0.2) is 4.79 Å². The lowest BCUT2D eigenvalue weighted by Gasteiger charge is -2.38. The Kier molecular flexibility index (Phi) is 6.31. The summed E-state index contributed by atoms with van der Waals surface area (Å²) in [5, 5.41) is 0. The van der Waals surface area contributed by atoms with E-state index in [1.165, 1.54) is 12.8 Å². The molecule has 1 spiro atoms. The van der Waals surface area contributed by atoms with Crippen LogP contribution in [0.2, 0.25) is 0 Å².